The first-order valence-corrected chi connectivity index (χ1v) is 8.55. The molecule has 0 aliphatic carbocycles. The Bertz CT molecular complexity index is 995. The molecule has 0 saturated carbocycles. The molecule has 3 rings (SSSR count). The van der Waals surface area contributed by atoms with Crippen LogP contribution in [0.4, 0.5) is 0 Å². The Kier molecular flexibility index (Phi) is 5.71. The lowest BCUT2D eigenvalue weighted by molar-refractivity contribution is -0.147. The normalized spacial score (nSPS) is 10.6. The number of fused-ring (bicyclic) bond motifs is 1. The Labute approximate surface area is 156 Å². The van der Waals surface area contributed by atoms with E-state index in [-0.39, 0.29) is 18.8 Å². The average Bonchev–Trinajstić information content (AvgIpc) is 2.65. The fourth-order valence-corrected chi connectivity index (χ4v) is 2.46. The summed E-state index contributed by atoms with van der Waals surface area (Å²) in [6.07, 6.45) is 1.67. The fraction of sp³-hybridized carbons (Fsp3) is 0.250. The number of hydrogen-bond acceptors (Lipinski definition) is 6. The number of aryl methyl sites for hydroxylation is 1. The summed E-state index contributed by atoms with van der Waals surface area (Å²) in [6, 6.07) is 11.9. The first-order chi connectivity index (χ1) is 13.0. The van der Waals surface area contributed by atoms with Crippen LogP contribution in [0.25, 0.3) is 5.65 Å². The van der Waals surface area contributed by atoms with Crippen molar-refractivity contribution in [2.45, 2.75) is 20.5 Å². The van der Waals surface area contributed by atoms with Crippen molar-refractivity contribution in [1.29, 1.82) is 0 Å². The summed E-state index contributed by atoms with van der Waals surface area (Å²) in [5, 5.41) is 0. The summed E-state index contributed by atoms with van der Waals surface area (Å²) in [7, 11) is 0. The average molecular weight is 368 g/mol. The standard InChI is InChI=1S/C20H20N2O5/c1-3-25-16-4-6-17(7-5-16)26-13-20(24)27-12-15-11-19(23)22-9-8-14(2)10-18(22)21-15/h4-11H,3,12-13H2,1-2H3. The van der Waals surface area contributed by atoms with E-state index in [1.807, 2.05) is 19.9 Å². The van der Waals surface area contributed by atoms with Gasteiger partial charge in [-0.05, 0) is 55.8 Å². The second-order valence-electron chi connectivity index (χ2n) is 5.87. The highest BCUT2D eigenvalue weighted by molar-refractivity contribution is 5.71. The Morgan fingerprint density at radius 2 is 1.78 bits per heavy atom. The molecule has 140 valence electrons. The van der Waals surface area contributed by atoms with Gasteiger partial charge < -0.3 is 14.2 Å². The van der Waals surface area contributed by atoms with E-state index in [1.54, 1.807) is 36.5 Å². The number of esters is 1. The number of carbonyl (C=O) groups excluding carboxylic acids is 1. The van der Waals surface area contributed by atoms with E-state index in [0.29, 0.717) is 23.7 Å². The van der Waals surface area contributed by atoms with Crippen LogP contribution < -0.4 is 15.0 Å². The van der Waals surface area contributed by atoms with Crippen LogP contribution >= 0.6 is 0 Å². The smallest absolute Gasteiger partial charge is 0.344 e. The van der Waals surface area contributed by atoms with Gasteiger partial charge in [0.25, 0.3) is 5.56 Å². The maximum Gasteiger partial charge on any atom is 0.344 e. The second kappa shape index (κ2) is 8.35. The summed E-state index contributed by atoms with van der Waals surface area (Å²) in [6.45, 7) is 4.07. The molecule has 27 heavy (non-hydrogen) atoms. The molecule has 0 aliphatic heterocycles. The third-order valence-electron chi connectivity index (χ3n) is 3.75. The zero-order chi connectivity index (χ0) is 19.2. The third kappa shape index (κ3) is 4.84. The highest BCUT2D eigenvalue weighted by Crippen LogP contribution is 2.17. The molecule has 0 bridgehead atoms. The molecule has 2 aromatic heterocycles. The molecule has 0 unspecified atom stereocenters. The molecule has 0 amide bonds. The minimum atomic E-state index is -0.546. The molecule has 7 heteroatoms. The predicted octanol–water partition coefficient (Wildman–Crippen LogP) is 2.52. The maximum absolute atomic E-state index is 12.1. The van der Waals surface area contributed by atoms with Crippen LogP contribution in [0.1, 0.15) is 18.2 Å². The van der Waals surface area contributed by atoms with Crippen molar-refractivity contribution in [2.75, 3.05) is 13.2 Å². The van der Waals surface area contributed by atoms with Crippen LogP contribution in [-0.4, -0.2) is 28.6 Å². The number of carbonyl (C=O) groups is 1. The van der Waals surface area contributed by atoms with Crippen LogP contribution in [0.5, 0.6) is 11.5 Å². The van der Waals surface area contributed by atoms with Gasteiger partial charge in [-0.1, -0.05) is 0 Å². The van der Waals surface area contributed by atoms with E-state index in [1.165, 1.54) is 10.5 Å². The minimum Gasteiger partial charge on any atom is -0.494 e. The highest BCUT2D eigenvalue weighted by atomic mass is 16.6. The predicted molar refractivity (Wildman–Crippen MR) is 99.1 cm³/mol. The topological polar surface area (TPSA) is 79.1 Å². The van der Waals surface area contributed by atoms with Crippen LogP contribution in [0.15, 0.2) is 53.5 Å². The lowest BCUT2D eigenvalue weighted by Gasteiger charge is -2.08. The molecule has 2 heterocycles. The highest BCUT2D eigenvalue weighted by Gasteiger charge is 2.08. The van der Waals surface area contributed by atoms with Crippen LogP contribution in [0, 0.1) is 6.92 Å². The zero-order valence-corrected chi connectivity index (χ0v) is 15.2. The molecular formula is C20H20N2O5. The third-order valence-corrected chi connectivity index (χ3v) is 3.75. The van der Waals surface area contributed by atoms with Crippen molar-refractivity contribution < 1.29 is 19.0 Å². The number of ether oxygens (including phenoxy) is 3. The lowest BCUT2D eigenvalue weighted by Crippen LogP contribution is -2.18. The van der Waals surface area contributed by atoms with E-state index in [2.05, 4.69) is 4.98 Å². The number of hydrogen-bond donors (Lipinski definition) is 0. The summed E-state index contributed by atoms with van der Waals surface area (Å²) in [5.74, 6) is 0.722. The summed E-state index contributed by atoms with van der Waals surface area (Å²) >= 11 is 0. The molecule has 0 saturated heterocycles. The van der Waals surface area contributed by atoms with Gasteiger partial charge in [0.2, 0.25) is 0 Å². The SMILES string of the molecule is CCOc1ccc(OCC(=O)OCc2cc(=O)n3ccc(C)cc3n2)cc1. The first kappa shape index (κ1) is 18.4. The number of rotatable bonds is 7. The summed E-state index contributed by atoms with van der Waals surface area (Å²) < 4.78 is 17.3. The second-order valence-corrected chi connectivity index (χ2v) is 5.87. The van der Waals surface area contributed by atoms with Crippen molar-refractivity contribution >= 4 is 11.6 Å². The molecule has 0 N–H and O–H groups in total. The van der Waals surface area contributed by atoms with Gasteiger partial charge in [0.05, 0.1) is 12.3 Å². The molecular weight excluding hydrogens is 348 g/mol. The van der Waals surface area contributed by atoms with Crippen LogP contribution in [0.3, 0.4) is 0 Å². The van der Waals surface area contributed by atoms with Gasteiger partial charge in [0.1, 0.15) is 23.8 Å². The Hall–Kier alpha value is -3.35. The van der Waals surface area contributed by atoms with Gasteiger partial charge in [-0.25, -0.2) is 9.78 Å². The molecule has 0 radical (unpaired) electrons. The van der Waals surface area contributed by atoms with Crippen molar-refractivity contribution in [3.05, 3.63) is 70.3 Å². The van der Waals surface area contributed by atoms with E-state index >= 15 is 0 Å². The Morgan fingerprint density at radius 1 is 1.07 bits per heavy atom. The molecule has 0 spiro atoms. The minimum absolute atomic E-state index is 0.0921. The quantitative estimate of drug-likeness (QED) is 0.596. The van der Waals surface area contributed by atoms with E-state index in [0.717, 1.165) is 11.3 Å². The molecule has 1 aromatic carbocycles. The first-order valence-electron chi connectivity index (χ1n) is 8.55. The van der Waals surface area contributed by atoms with E-state index in [4.69, 9.17) is 14.2 Å². The number of nitrogens with zero attached hydrogens (tertiary/aromatic N) is 2. The molecule has 3 aromatic rings. The van der Waals surface area contributed by atoms with E-state index < -0.39 is 5.97 Å². The van der Waals surface area contributed by atoms with E-state index in [9.17, 15) is 9.59 Å². The van der Waals surface area contributed by atoms with Crippen LogP contribution in [-0.2, 0) is 16.1 Å². The lowest BCUT2D eigenvalue weighted by atomic mass is 10.3. The van der Waals surface area contributed by atoms with Gasteiger partial charge >= 0.3 is 5.97 Å². The van der Waals surface area contributed by atoms with Gasteiger partial charge in [0, 0.05) is 12.3 Å². The molecule has 0 aliphatic rings. The summed E-state index contributed by atoms with van der Waals surface area (Å²) in [5.41, 5.74) is 1.66. The van der Waals surface area contributed by atoms with Crippen molar-refractivity contribution in [1.82, 2.24) is 9.38 Å². The van der Waals surface area contributed by atoms with Gasteiger partial charge in [-0.2, -0.15) is 0 Å². The number of benzene rings is 1. The van der Waals surface area contributed by atoms with Crippen molar-refractivity contribution in [2.24, 2.45) is 0 Å². The van der Waals surface area contributed by atoms with Crippen molar-refractivity contribution in [3.8, 4) is 11.5 Å². The summed E-state index contributed by atoms with van der Waals surface area (Å²) in [4.78, 5) is 28.3. The Morgan fingerprint density at radius 3 is 2.48 bits per heavy atom. The van der Waals surface area contributed by atoms with Crippen LogP contribution in [0.2, 0.25) is 0 Å². The van der Waals surface area contributed by atoms with Gasteiger partial charge in [-0.15, -0.1) is 0 Å². The Balaban J connectivity index is 1.56. The fourth-order valence-electron chi connectivity index (χ4n) is 2.46. The number of pyridine rings is 1. The largest absolute Gasteiger partial charge is 0.494 e. The number of aromatic nitrogens is 2. The van der Waals surface area contributed by atoms with Gasteiger partial charge in [-0.3, -0.25) is 9.20 Å². The van der Waals surface area contributed by atoms with Crippen molar-refractivity contribution in [3.63, 3.8) is 0 Å². The van der Waals surface area contributed by atoms with Gasteiger partial charge in [0.15, 0.2) is 6.61 Å². The monoisotopic (exact) mass is 368 g/mol. The molecule has 0 fully saturated rings. The zero-order valence-electron chi connectivity index (χ0n) is 15.2. The molecule has 0 atom stereocenters. The maximum atomic E-state index is 12.1. The molecule has 7 nitrogen and oxygen atoms in total.